The van der Waals surface area contributed by atoms with Crippen molar-refractivity contribution in [1.82, 2.24) is 9.55 Å². The zero-order valence-corrected chi connectivity index (χ0v) is 11.4. The summed E-state index contributed by atoms with van der Waals surface area (Å²) in [6.07, 6.45) is 4.50. The quantitative estimate of drug-likeness (QED) is 0.825. The highest BCUT2D eigenvalue weighted by Crippen LogP contribution is 2.25. The topological polar surface area (TPSA) is 34.9 Å². The van der Waals surface area contributed by atoms with Crippen molar-refractivity contribution in [1.29, 1.82) is 0 Å². The number of aromatic nitrogens is 2. The maximum atomic E-state index is 11.9. The maximum absolute atomic E-state index is 11.9. The van der Waals surface area contributed by atoms with Gasteiger partial charge in [0.05, 0.1) is 12.2 Å². The van der Waals surface area contributed by atoms with E-state index < -0.39 is 0 Å². The van der Waals surface area contributed by atoms with E-state index in [9.17, 15) is 4.79 Å². The van der Waals surface area contributed by atoms with Crippen LogP contribution in [0.2, 0.25) is 0 Å². The van der Waals surface area contributed by atoms with Crippen LogP contribution in [0.4, 0.5) is 0 Å². The SMILES string of the molecule is Cc1cccnc1Cn1c(C)cc2c1CCCC2=O. The van der Waals surface area contributed by atoms with E-state index in [1.54, 1.807) is 0 Å². The van der Waals surface area contributed by atoms with Gasteiger partial charge in [-0.25, -0.2) is 0 Å². The van der Waals surface area contributed by atoms with E-state index >= 15 is 0 Å². The van der Waals surface area contributed by atoms with Crippen molar-refractivity contribution in [2.45, 2.75) is 39.7 Å². The van der Waals surface area contributed by atoms with Crippen molar-refractivity contribution in [3.63, 3.8) is 0 Å². The summed E-state index contributed by atoms with van der Waals surface area (Å²) in [6.45, 7) is 4.92. The molecule has 0 aromatic carbocycles. The van der Waals surface area contributed by atoms with Gasteiger partial charge in [0.2, 0.25) is 0 Å². The lowest BCUT2D eigenvalue weighted by atomic mass is 9.96. The molecule has 3 heteroatoms. The third kappa shape index (κ3) is 2.09. The first kappa shape index (κ1) is 12.2. The first-order valence-corrected chi connectivity index (χ1v) is 6.79. The second kappa shape index (κ2) is 4.65. The molecule has 0 aliphatic heterocycles. The predicted molar refractivity (Wildman–Crippen MR) is 74.5 cm³/mol. The number of hydrogen-bond acceptors (Lipinski definition) is 2. The third-order valence-corrected chi connectivity index (χ3v) is 3.96. The van der Waals surface area contributed by atoms with Crippen LogP contribution in [-0.2, 0) is 13.0 Å². The minimum absolute atomic E-state index is 0.292. The lowest BCUT2D eigenvalue weighted by molar-refractivity contribution is 0.0972. The molecule has 2 heterocycles. The van der Waals surface area contributed by atoms with Crippen LogP contribution in [-0.4, -0.2) is 15.3 Å². The number of carbonyl (C=O) groups excluding carboxylic acids is 1. The van der Waals surface area contributed by atoms with Gasteiger partial charge in [-0.2, -0.15) is 0 Å². The van der Waals surface area contributed by atoms with Crippen molar-refractivity contribution in [2.24, 2.45) is 0 Å². The summed E-state index contributed by atoms with van der Waals surface area (Å²) in [5.74, 6) is 0.292. The molecule has 1 aliphatic carbocycles. The molecule has 0 saturated carbocycles. The Morgan fingerprint density at radius 1 is 1.32 bits per heavy atom. The highest BCUT2D eigenvalue weighted by molar-refractivity contribution is 5.98. The standard InChI is InChI=1S/C16H18N2O/c1-11-5-4-8-17-14(11)10-18-12(2)9-13-15(18)6-3-7-16(13)19/h4-5,8-9H,3,6-7,10H2,1-2H3. The van der Waals surface area contributed by atoms with E-state index in [4.69, 9.17) is 0 Å². The second-order valence-corrected chi connectivity index (χ2v) is 5.28. The molecule has 0 radical (unpaired) electrons. The fraction of sp³-hybridized carbons (Fsp3) is 0.375. The van der Waals surface area contributed by atoms with Crippen LogP contribution in [0.15, 0.2) is 24.4 Å². The number of nitrogens with zero attached hydrogens (tertiary/aromatic N) is 2. The van der Waals surface area contributed by atoms with E-state index in [0.29, 0.717) is 12.2 Å². The van der Waals surface area contributed by atoms with Crippen LogP contribution < -0.4 is 0 Å². The van der Waals surface area contributed by atoms with Gasteiger partial charge in [0.1, 0.15) is 0 Å². The molecule has 2 aromatic rings. The molecule has 0 spiro atoms. The molecule has 0 fully saturated rings. The Labute approximate surface area is 113 Å². The largest absolute Gasteiger partial charge is 0.342 e. The fourth-order valence-electron chi connectivity index (χ4n) is 2.84. The van der Waals surface area contributed by atoms with Gasteiger partial charge < -0.3 is 4.57 Å². The van der Waals surface area contributed by atoms with Crippen LogP contribution in [0.5, 0.6) is 0 Å². The Balaban J connectivity index is 2.02. The summed E-state index contributed by atoms with van der Waals surface area (Å²) in [5.41, 5.74) is 5.56. The average molecular weight is 254 g/mol. The number of Topliss-reactive ketones (excluding diaryl/α,β-unsaturated/α-hetero) is 1. The number of carbonyl (C=O) groups is 1. The molecule has 0 bridgehead atoms. The zero-order valence-electron chi connectivity index (χ0n) is 11.4. The third-order valence-electron chi connectivity index (χ3n) is 3.96. The number of aryl methyl sites for hydroxylation is 2. The van der Waals surface area contributed by atoms with Gasteiger partial charge >= 0.3 is 0 Å². The van der Waals surface area contributed by atoms with Gasteiger partial charge in [0.15, 0.2) is 5.78 Å². The minimum Gasteiger partial charge on any atom is -0.342 e. The van der Waals surface area contributed by atoms with E-state index in [2.05, 4.69) is 29.5 Å². The lowest BCUT2D eigenvalue weighted by Crippen LogP contribution is -2.15. The molecular formula is C16H18N2O. The normalized spacial score (nSPS) is 14.5. The molecule has 3 rings (SSSR count). The summed E-state index contributed by atoms with van der Waals surface area (Å²) in [6, 6.07) is 6.08. The summed E-state index contributed by atoms with van der Waals surface area (Å²) < 4.78 is 2.25. The number of rotatable bonds is 2. The summed E-state index contributed by atoms with van der Waals surface area (Å²) in [7, 11) is 0. The van der Waals surface area contributed by atoms with Crippen LogP contribution in [0.3, 0.4) is 0 Å². The van der Waals surface area contributed by atoms with Crippen molar-refractivity contribution in [3.8, 4) is 0 Å². The monoisotopic (exact) mass is 254 g/mol. The van der Waals surface area contributed by atoms with Crippen LogP contribution in [0.25, 0.3) is 0 Å². The molecule has 0 atom stereocenters. The summed E-state index contributed by atoms with van der Waals surface area (Å²) >= 11 is 0. The van der Waals surface area contributed by atoms with Crippen LogP contribution >= 0.6 is 0 Å². The fourth-order valence-corrected chi connectivity index (χ4v) is 2.84. The predicted octanol–water partition coefficient (Wildman–Crippen LogP) is 3.07. The number of hydrogen-bond donors (Lipinski definition) is 0. The van der Waals surface area contributed by atoms with Crippen molar-refractivity contribution < 1.29 is 4.79 Å². The minimum atomic E-state index is 0.292. The zero-order chi connectivity index (χ0) is 13.4. The average Bonchev–Trinajstić information content (AvgIpc) is 2.71. The molecule has 3 nitrogen and oxygen atoms in total. The number of ketones is 1. The van der Waals surface area contributed by atoms with Gasteiger partial charge in [-0.15, -0.1) is 0 Å². The number of fused-ring (bicyclic) bond motifs is 1. The molecular weight excluding hydrogens is 236 g/mol. The van der Waals surface area contributed by atoms with E-state index in [0.717, 1.165) is 36.3 Å². The molecule has 0 amide bonds. The van der Waals surface area contributed by atoms with E-state index in [1.165, 1.54) is 11.3 Å². The Morgan fingerprint density at radius 2 is 2.16 bits per heavy atom. The molecule has 1 aliphatic rings. The van der Waals surface area contributed by atoms with Crippen molar-refractivity contribution in [3.05, 3.63) is 52.6 Å². The Kier molecular flexibility index (Phi) is 2.97. The van der Waals surface area contributed by atoms with Gasteiger partial charge in [-0.05, 0) is 44.4 Å². The van der Waals surface area contributed by atoms with Gasteiger partial charge in [0.25, 0.3) is 0 Å². The van der Waals surface area contributed by atoms with Crippen LogP contribution in [0, 0.1) is 13.8 Å². The van der Waals surface area contributed by atoms with Crippen molar-refractivity contribution in [2.75, 3.05) is 0 Å². The Bertz CT molecular complexity index is 640. The first-order valence-electron chi connectivity index (χ1n) is 6.79. The van der Waals surface area contributed by atoms with Crippen molar-refractivity contribution >= 4 is 5.78 Å². The van der Waals surface area contributed by atoms with E-state index in [-0.39, 0.29) is 0 Å². The van der Waals surface area contributed by atoms with Gasteiger partial charge in [0, 0.05) is 29.6 Å². The Hall–Kier alpha value is -1.90. The summed E-state index contributed by atoms with van der Waals surface area (Å²) in [4.78, 5) is 16.4. The van der Waals surface area contributed by atoms with Crippen LogP contribution in [0.1, 0.15) is 45.8 Å². The lowest BCUT2D eigenvalue weighted by Gasteiger charge is -2.16. The first-order chi connectivity index (χ1) is 9.16. The maximum Gasteiger partial charge on any atom is 0.164 e. The highest BCUT2D eigenvalue weighted by atomic mass is 16.1. The number of pyridine rings is 1. The molecule has 98 valence electrons. The molecule has 19 heavy (non-hydrogen) atoms. The van der Waals surface area contributed by atoms with Gasteiger partial charge in [-0.3, -0.25) is 9.78 Å². The Morgan fingerprint density at radius 3 is 2.95 bits per heavy atom. The smallest absolute Gasteiger partial charge is 0.164 e. The summed E-state index contributed by atoms with van der Waals surface area (Å²) in [5, 5.41) is 0. The van der Waals surface area contributed by atoms with Gasteiger partial charge in [-0.1, -0.05) is 6.07 Å². The molecule has 0 saturated heterocycles. The molecule has 0 N–H and O–H groups in total. The van der Waals surface area contributed by atoms with E-state index in [1.807, 2.05) is 18.3 Å². The molecule has 2 aromatic heterocycles. The highest BCUT2D eigenvalue weighted by Gasteiger charge is 2.22. The second-order valence-electron chi connectivity index (χ2n) is 5.28. The molecule has 0 unspecified atom stereocenters.